The van der Waals surface area contributed by atoms with Gasteiger partial charge in [-0.2, -0.15) is 4.39 Å². The van der Waals surface area contributed by atoms with Crippen molar-refractivity contribution in [2.75, 3.05) is 0 Å². The molecule has 0 saturated carbocycles. The molecule has 1 aromatic rings. The van der Waals surface area contributed by atoms with Gasteiger partial charge in [0, 0.05) is 10.3 Å². The summed E-state index contributed by atoms with van der Waals surface area (Å²) in [5, 5.41) is 6.62. The monoisotopic (exact) mass is 149 g/mol. The molecule has 0 amide bonds. The fourth-order valence-corrected chi connectivity index (χ4v) is 1.46. The Hall–Kier alpha value is -0.0600. The number of halogens is 1. The van der Waals surface area contributed by atoms with E-state index in [9.17, 15) is 4.39 Å². The van der Waals surface area contributed by atoms with Gasteiger partial charge in [-0.3, -0.25) is 5.14 Å². The van der Waals surface area contributed by atoms with E-state index >= 15 is 0 Å². The zero-order valence-electron chi connectivity index (χ0n) is 3.93. The van der Waals surface area contributed by atoms with Gasteiger partial charge in [-0.15, -0.1) is 11.3 Å². The quantitative estimate of drug-likeness (QED) is 0.617. The first-order valence-electron chi connectivity index (χ1n) is 1.93. The predicted molar refractivity (Wildman–Crippen MR) is 34.3 cm³/mol. The summed E-state index contributed by atoms with van der Waals surface area (Å²) in [6, 6.07) is 1.41. The molecule has 0 radical (unpaired) electrons. The molecular weight excluding hydrogens is 145 g/mol. The van der Waals surface area contributed by atoms with Crippen LogP contribution >= 0.6 is 23.3 Å². The summed E-state index contributed by atoms with van der Waals surface area (Å²) in [6.45, 7) is 0. The number of rotatable bonds is 1. The van der Waals surface area contributed by atoms with Crippen molar-refractivity contribution in [2.45, 2.75) is 4.90 Å². The smallest absolute Gasteiger partial charge is 0.177 e. The number of thiophene rings is 1. The van der Waals surface area contributed by atoms with Gasteiger partial charge in [0.15, 0.2) is 5.13 Å². The lowest BCUT2D eigenvalue weighted by Crippen LogP contribution is -1.72. The van der Waals surface area contributed by atoms with Crippen LogP contribution in [0.4, 0.5) is 4.39 Å². The Balaban J connectivity index is 2.84. The highest BCUT2D eigenvalue weighted by molar-refractivity contribution is 7.97. The van der Waals surface area contributed by atoms with Gasteiger partial charge < -0.3 is 0 Å². The minimum Gasteiger partial charge on any atom is -0.274 e. The largest absolute Gasteiger partial charge is 0.274 e. The van der Waals surface area contributed by atoms with Crippen molar-refractivity contribution in [3.05, 3.63) is 16.6 Å². The number of hydrogen-bond donors (Lipinski definition) is 1. The van der Waals surface area contributed by atoms with Crippen molar-refractivity contribution in [3.63, 3.8) is 0 Å². The van der Waals surface area contributed by atoms with Crippen LogP contribution in [0.2, 0.25) is 0 Å². The van der Waals surface area contributed by atoms with Crippen LogP contribution in [0.3, 0.4) is 0 Å². The molecular formula is C4H4FNS2. The van der Waals surface area contributed by atoms with Crippen molar-refractivity contribution >= 4 is 23.3 Å². The maximum absolute atomic E-state index is 12.1. The lowest BCUT2D eigenvalue weighted by atomic mass is 10.7. The summed E-state index contributed by atoms with van der Waals surface area (Å²) in [5.74, 6) is 0. The molecule has 8 heavy (non-hydrogen) atoms. The number of nitrogens with two attached hydrogens (primary N) is 1. The van der Waals surface area contributed by atoms with Gasteiger partial charge in [-0.1, -0.05) is 0 Å². The molecule has 4 heteroatoms. The molecule has 0 aliphatic rings. The van der Waals surface area contributed by atoms with Crippen LogP contribution in [0.15, 0.2) is 16.3 Å². The maximum Gasteiger partial charge on any atom is 0.177 e. The Bertz CT molecular complexity index is 174. The third-order valence-electron chi connectivity index (χ3n) is 0.679. The van der Waals surface area contributed by atoms with E-state index in [1.165, 1.54) is 6.07 Å². The van der Waals surface area contributed by atoms with Crippen molar-refractivity contribution in [3.8, 4) is 0 Å². The molecule has 44 valence electrons. The fourth-order valence-electron chi connectivity index (χ4n) is 0.356. The van der Waals surface area contributed by atoms with Gasteiger partial charge in [0.05, 0.1) is 0 Å². The van der Waals surface area contributed by atoms with Crippen LogP contribution in [-0.2, 0) is 0 Å². The van der Waals surface area contributed by atoms with Gasteiger partial charge in [0.25, 0.3) is 0 Å². The second-order valence-corrected chi connectivity index (χ2v) is 2.77. The van der Waals surface area contributed by atoms with E-state index in [2.05, 4.69) is 0 Å². The topological polar surface area (TPSA) is 26.0 Å². The first kappa shape index (κ1) is 6.07. The zero-order valence-corrected chi connectivity index (χ0v) is 5.56. The standard InChI is InChI=1S/C4H4FNS2/c5-4-1-3(8-6)2-7-4/h1-2H,6H2. The van der Waals surface area contributed by atoms with Crippen LogP contribution in [0.25, 0.3) is 0 Å². The SMILES string of the molecule is NSc1csc(F)c1. The molecule has 1 nitrogen and oxygen atoms in total. The summed E-state index contributed by atoms with van der Waals surface area (Å²) in [5.41, 5.74) is 0. The molecule has 1 rings (SSSR count). The average Bonchev–Trinajstić information content (AvgIpc) is 2.14. The predicted octanol–water partition coefficient (Wildman–Crippen LogP) is 1.85. The summed E-state index contributed by atoms with van der Waals surface area (Å²) in [7, 11) is 0. The molecule has 1 aromatic heterocycles. The van der Waals surface area contributed by atoms with Crippen LogP contribution in [0.1, 0.15) is 0 Å². The van der Waals surface area contributed by atoms with Gasteiger partial charge in [-0.05, 0) is 18.0 Å². The van der Waals surface area contributed by atoms with E-state index in [-0.39, 0.29) is 5.13 Å². The highest BCUT2D eigenvalue weighted by Gasteiger charge is 1.94. The molecule has 2 N–H and O–H groups in total. The van der Waals surface area contributed by atoms with E-state index < -0.39 is 0 Å². The average molecular weight is 149 g/mol. The van der Waals surface area contributed by atoms with E-state index in [4.69, 9.17) is 5.14 Å². The molecule has 0 aliphatic carbocycles. The summed E-state index contributed by atoms with van der Waals surface area (Å²) >= 11 is 2.12. The van der Waals surface area contributed by atoms with Crippen molar-refractivity contribution < 1.29 is 4.39 Å². The molecule has 1 heterocycles. The van der Waals surface area contributed by atoms with E-state index in [1.54, 1.807) is 5.38 Å². The maximum atomic E-state index is 12.1. The van der Waals surface area contributed by atoms with E-state index in [1.807, 2.05) is 0 Å². The second-order valence-electron chi connectivity index (χ2n) is 1.20. The summed E-state index contributed by atoms with van der Waals surface area (Å²) in [4.78, 5) is 0.785. The van der Waals surface area contributed by atoms with Crippen LogP contribution in [0, 0.1) is 5.13 Å². The Morgan fingerprint density at radius 3 is 2.75 bits per heavy atom. The number of hydrogen-bond acceptors (Lipinski definition) is 3. The lowest BCUT2D eigenvalue weighted by molar-refractivity contribution is 0.655. The van der Waals surface area contributed by atoms with Gasteiger partial charge in [-0.25, -0.2) is 0 Å². The fraction of sp³-hybridized carbons (Fsp3) is 0. The van der Waals surface area contributed by atoms with Gasteiger partial charge in [0.2, 0.25) is 0 Å². The molecule has 0 atom stereocenters. The van der Waals surface area contributed by atoms with Gasteiger partial charge >= 0.3 is 0 Å². The third-order valence-corrected chi connectivity index (χ3v) is 2.05. The highest BCUT2D eigenvalue weighted by atomic mass is 32.2. The molecule has 0 aliphatic heterocycles. The Kier molecular flexibility index (Phi) is 1.88. The second kappa shape index (κ2) is 2.48. The summed E-state index contributed by atoms with van der Waals surface area (Å²) in [6.07, 6.45) is 0. The first-order valence-corrected chi connectivity index (χ1v) is 3.69. The van der Waals surface area contributed by atoms with E-state index in [0.717, 1.165) is 28.2 Å². The molecule has 0 saturated heterocycles. The Morgan fingerprint density at radius 1 is 1.75 bits per heavy atom. The molecule has 0 bridgehead atoms. The van der Waals surface area contributed by atoms with Crippen molar-refractivity contribution in [1.82, 2.24) is 0 Å². The normalized spacial score (nSPS) is 9.75. The van der Waals surface area contributed by atoms with Crippen LogP contribution in [0.5, 0.6) is 0 Å². The Labute approximate surface area is 54.8 Å². The van der Waals surface area contributed by atoms with Crippen LogP contribution in [-0.4, -0.2) is 0 Å². The molecule has 0 fully saturated rings. The van der Waals surface area contributed by atoms with Gasteiger partial charge in [0.1, 0.15) is 0 Å². The van der Waals surface area contributed by atoms with Crippen molar-refractivity contribution in [2.24, 2.45) is 5.14 Å². The Morgan fingerprint density at radius 2 is 2.50 bits per heavy atom. The van der Waals surface area contributed by atoms with Crippen LogP contribution < -0.4 is 5.14 Å². The first-order chi connectivity index (χ1) is 3.83. The third kappa shape index (κ3) is 1.21. The highest BCUT2D eigenvalue weighted by Crippen LogP contribution is 2.18. The van der Waals surface area contributed by atoms with E-state index in [0.29, 0.717) is 0 Å². The minimum absolute atomic E-state index is 0.182. The summed E-state index contributed by atoms with van der Waals surface area (Å²) < 4.78 is 12.1. The molecule has 0 spiro atoms. The van der Waals surface area contributed by atoms with Crippen molar-refractivity contribution in [1.29, 1.82) is 0 Å². The molecule has 0 unspecified atom stereocenters. The zero-order chi connectivity index (χ0) is 5.98. The lowest BCUT2D eigenvalue weighted by Gasteiger charge is -1.79. The molecule has 0 aromatic carbocycles. The minimum atomic E-state index is -0.182.